The van der Waals surface area contributed by atoms with E-state index in [0.717, 1.165) is 21.8 Å². The number of rotatable bonds is 6. The molecule has 10 nitrogen and oxygen atoms in total. The maximum absolute atomic E-state index is 12.9. The molecular weight excluding hydrogens is 446 g/mol. The third kappa shape index (κ3) is 3.86. The predicted molar refractivity (Wildman–Crippen MR) is 125 cm³/mol. The number of sulfonamides is 1. The van der Waals surface area contributed by atoms with Gasteiger partial charge in [0.05, 0.1) is 36.9 Å². The minimum Gasteiger partial charge on any atom is -0.481 e. The number of carbonyl (C=O) groups is 1. The van der Waals surface area contributed by atoms with Crippen molar-refractivity contribution < 1.29 is 22.7 Å². The third-order valence-electron chi connectivity index (χ3n) is 5.43. The van der Waals surface area contributed by atoms with Gasteiger partial charge in [-0.25, -0.2) is 13.6 Å². The molecule has 0 aliphatic carbocycles. The van der Waals surface area contributed by atoms with Gasteiger partial charge in [-0.3, -0.25) is 9.69 Å². The largest absolute Gasteiger partial charge is 0.481 e. The first-order valence-corrected chi connectivity index (χ1v) is 11.4. The number of fused-ring (bicyclic) bond motifs is 3. The normalized spacial score (nSPS) is 11.7. The third-order valence-corrected chi connectivity index (χ3v) is 6.34. The Morgan fingerprint density at radius 2 is 1.79 bits per heavy atom. The zero-order chi connectivity index (χ0) is 23.9. The number of nitrogens with zero attached hydrogens (tertiary/aromatic N) is 3. The van der Waals surface area contributed by atoms with Gasteiger partial charge in [-0.1, -0.05) is 6.07 Å². The lowest BCUT2D eigenvalue weighted by Crippen LogP contribution is -2.32. The van der Waals surface area contributed by atoms with Crippen molar-refractivity contribution in [3.05, 3.63) is 48.5 Å². The summed E-state index contributed by atoms with van der Waals surface area (Å²) in [4.78, 5) is 18.6. The number of benzene rings is 2. The molecule has 4 rings (SSSR count). The van der Waals surface area contributed by atoms with Gasteiger partial charge in [0.25, 0.3) is 0 Å². The van der Waals surface area contributed by atoms with Crippen LogP contribution in [0, 0.1) is 0 Å². The minimum absolute atomic E-state index is 0.0283. The van der Waals surface area contributed by atoms with E-state index in [2.05, 4.69) is 4.98 Å². The summed E-state index contributed by atoms with van der Waals surface area (Å²) in [7, 11) is 0.947. The summed E-state index contributed by atoms with van der Waals surface area (Å²) in [6, 6.07) is 13.4. The first-order valence-electron chi connectivity index (χ1n) is 9.86. The molecule has 0 aliphatic rings. The molecule has 0 spiro atoms. The van der Waals surface area contributed by atoms with Gasteiger partial charge in [0, 0.05) is 29.4 Å². The van der Waals surface area contributed by atoms with Crippen LogP contribution in [-0.4, -0.2) is 44.6 Å². The van der Waals surface area contributed by atoms with Crippen molar-refractivity contribution in [1.29, 1.82) is 0 Å². The molecule has 172 valence electrons. The molecule has 33 heavy (non-hydrogen) atoms. The quantitative estimate of drug-likeness (QED) is 0.440. The lowest BCUT2D eigenvalue weighted by Gasteiger charge is -2.24. The van der Waals surface area contributed by atoms with E-state index in [0.29, 0.717) is 17.3 Å². The number of ether oxygens (including phenoxy) is 2. The maximum atomic E-state index is 12.9. The van der Waals surface area contributed by atoms with Crippen LogP contribution in [0.25, 0.3) is 21.8 Å². The Bertz CT molecular complexity index is 1500. The average Bonchev–Trinajstić information content (AvgIpc) is 3.09. The monoisotopic (exact) mass is 469 g/mol. The van der Waals surface area contributed by atoms with Crippen LogP contribution in [0.4, 0.5) is 11.4 Å². The van der Waals surface area contributed by atoms with E-state index < -0.39 is 10.0 Å². The van der Waals surface area contributed by atoms with Crippen molar-refractivity contribution in [3.8, 4) is 11.8 Å². The molecule has 0 fully saturated rings. The first-order chi connectivity index (χ1) is 15.7. The van der Waals surface area contributed by atoms with Crippen molar-refractivity contribution in [1.82, 2.24) is 9.55 Å². The Hall–Kier alpha value is -3.67. The van der Waals surface area contributed by atoms with E-state index in [9.17, 15) is 13.2 Å². The lowest BCUT2D eigenvalue weighted by molar-refractivity contribution is -0.116. The van der Waals surface area contributed by atoms with Crippen molar-refractivity contribution in [2.75, 3.05) is 25.7 Å². The van der Waals surface area contributed by atoms with Gasteiger partial charge >= 0.3 is 0 Å². The number of aromatic nitrogens is 2. The molecule has 0 saturated heterocycles. The summed E-state index contributed by atoms with van der Waals surface area (Å²) in [6.07, 6.45) is 0. The molecule has 0 radical (unpaired) electrons. The highest BCUT2D eigenvalue weighted by Crippen LogP contribution is 2.37. The van der Waals surface area contributed by atoms with Gasteiger partial charge < -0.3 is 19.8 Å². The molecule has 0 saturated carbocycles. The summed E-state index contributed by atoms with van der Waals surface area (Å²) in [5.74, 6) is 0.173. The molecule has 0 atom stereocenters. The Morgan fingerprint density at radius 3 is 2.42 bits per heavy atom. The Balaban J connectivity index is 1.94. The minimum atomic E-state index is -3.85. The molecule has 11 heteroatoms. The zero-order valence-corrected chi connectivity index (χ0v) is 19.1. The Labute approximate surface area is 190 Å². The molecule has 0 unspecified atom stereocenters. The summed E-state index contributed by atoms with van der Waals surface area (Å²) in [6.45, 7) is -0.236. The van der Waals surface area contributed by atoms with Gasteiger partial charge in [0.1, 0.15) is 5.69 Å². The number of anilines is 2. The van der Waals surface area contributed by atoms with E-state index in [4.69, 9.17) is 20.3 Å². The van der Waals surface area contributed by atoms with Crippen LogP contribution in [0.15, 0.2) is 53.4 Å². The SMILES string of the molecule is COc1ccc(N(C(=O)CN)c2ccc3c4cc(S(N)(=O)=O)ccc4n(C)c3c2)c(OC)n1. The second-order valence-electron chi connectivity index (χ2n) is 7.30. The highest BCUT2D eigenvalue weighted by molar-refractivity contribution is 7.89. The molecule has 2 aromatic heterocycles. The van der Waals surface area contributed by atoms with Crippen molar-refractivity contribution in [3.63, 3.8) is 0 Å². The summed E-state index contributed by atoms with van der Waals surface area (Å²) in [5.41, 5.74) is 8.25. The van der Waals surface area contributed by atoms with Crippen LogP contribution >= 0.6 is 0 Å². The number of amides is 1. The van der Waals surface area contributed by atoms with Crippen LogP contribution in [0.5, 0.6) is 11.8 Å². The zero-order valence-electron chi connectivity index (χ0n) is 18.3. The van der Waals surface area contributed by atoms with Crippen LogP contribution < -0.4 is 25.2 Å². The number of pyridine rings is 1. The molecule has 4 aromatic rings. The van der Waals surface area contributed by atoms with Gasteiger partial charge in [0.2, 0.25) is 27.7 Å². The number of nitrogens with two attached hydrogens (primary N) is 2. The smallest absolute Gasteiger partial charge is 0.245 e. The number of hydrogen-bond acceptors (Lipinski definition) is 7. The first kappa shape index (κ1) is 22.5. The second-order valence-corrected chi connectivity index (χ2v) is 8.86. The fourth-order valence-electron chi connectivity index (χ4n) is 3.85. The maximum Gasteiger partial charge on any atom is 0.245 e. The van der Waals surface area contributed by atoms with E-state index in [1.807, 2.05) is 23.7 Å². The molecule has 0 aliphatic heterocycles. The number of primary sulfonamides is 1. The molecule has 4 N–H and O–H groups in total. The molecule has 2 aromatic carbocycles. The predicted octanol–water partition coefficient (Wildman–Crippen LogP) is 2.01. The van der Waals surface area contributed by atoms with Crippen molar-refractivity contribution >= 4 is 49.1 Å². The lowest BCUT2D eigenvalue weighted by atomic mass is 10.1. The Morgan fingerprint density at radius 1 is 1.03 bits per heavy atom. The summed E-state index contributed by atoms with van der Waals surface area (Å²) < 4.78 is 36.1. The number of hydrogen-bond donors (Lipinski definition) is 2. The highest BCUT2D eigenvalue weighted by atomic mass is 32.2. The van der Waals surface area contributed by atoms with E-state index in [1.54, 1.807) is 30.3 Å². The van der Waals surface area contributed by atoms with Gasteiger partial charge in [-0.05, 0) is 36.4 Å². The van der Waals surface area contributed by atoms with Gasteiger partial charge in [0.15, 0.2) is 0 Å². The highest BCUT2D eigenvalue weighted by Gasteiger charge is 2.23. The second kappa shape index (κ2) is 8.35. The number of methoxy groups -OCH3 is 2. The topological polar surface area (TPSA) is 143 Å². The molecular formula is C22H23N5O5S. The van der Waals surface area contributed by atoms with Gasteiger partial charge in [-0.15, -0.1) is 0 Å². The van der Waals surface area contributed by atoms with Crippen LogP contribution in [0.2, 0.25) is 0 Å². The average molecular weight is 470 g/mol. The standard InChI is InChI=1S/C22H23N5O5S/c1-26-17-7-5-14(33(24,29)30)11-16(17)15-6-4-13(10-19(15)26)27(21(28)12-23)18-8-9-20(31-2)25-22(18)32-3/h4-11H,12,23H2,1-3H3,(H2,24,29,30). The number of carbonyl (C=O) groups excluding carboxylic acids is 1. The van der Waals surface area contributed by atoms with Crippen molar-refractivity contribution in [2.45, 2.75) is 4.90 Å². The fraction of sp³-hybridized carbons (Fsp3) is 0.182. The summed E-state index contributed by atoms with van der Waals surface area (Å²) in [5, 5.41) is 6.84. The molecule has 1 amide bonds. The summed E-state index contributed by atoms with van der Waals surface area (Å²) >= 11 is 0. The van der Waals surface area contributed by atoms with E-state index in [-0.39, 0.29) is 23.2 Å². The van der Waals surface area contributed by atoms with Gasteiger partial charge in [-0.2, -0.15) is 4.98 Å². The number of aryl methyl sites for hydroxylation is 1. The Kier molecular flexibility index (Phi) is 5.70. The molecule has 0 bridgehead atoms. The van der Waals surface area contributed by atoms with Crippen molar-refractivity contribution in [2.24, 2.45) is 17.9 Å². The van der Waals surface area contributed by atoms with Crippen LogP contribution in [0.1, 0.15) is 0 Å². The van der Waals surface area contributed by atoms with Crippen LogP contribution in [-0.2, 0) is 21.9 Å². The van der Waals surface area contributed by atoms with Crippen LogP contribution in [0.3, 0.4) is 0 Å². The van der Waals surface area contributed by atoms with E-state index >= 15 is 0 Å². The fourth-order valence-corrected chi connectivity index (χ4v) is 4.39. The molecule has 2 heterocycles. The van der Waals surface area contributed by atoms with E-state index in [1.165, 1.54) is 25.2 Å².